The van der Waals surface area contributed by atoms with Crippen LogP contribution in [-0.2, 0) is 9.53 Å². The maximum Gasteiger partial charge on any atom is 0.318 e. The number of carbonyl (C=O) groups is 1. The maximum absolute atomic E-state index is 13.5. The zero-order valence-corrected chi connectivity index (χ0v) is 18.3. The van der Waals surface area contributed by atoms with Gasteiger partial charge in [-0.1, -0.05) is 66.7 Å². The van der Waals surface area contributed by atoms with Gasteiger partial charge in [-0.25, -0.2) is 0 Å². The van der Waals surface area contributed by atoms with E-state index < -0.39 is 5.41 Å². The van der Waals surface area contributed by atoms with Crippen molar-refractivity contribution >= 4 is 35.2 Å². The van der Waals surface area contributed by atoms with E-state index in [2.05, 4.69) is 18.2 Å². The molecule has 1 saturated carbocycles. The molecule has 2 nitrogen and oxygen atoms in total. The Hall–Kier alpha value is -2.03. The molecule has 30 heavy (non-hydrogen) atoms. The Morgan fingerprint density at radius 3 is 2.17 bits per heavy atom. The van der Waals surface area contributed by atoms with E-state index in [-0.39, 0.29) is 11.9 Å². The summed E-state index contributed by atoms with van der Waals surface area (Å²) in [5, 5.41) is 1.44. The number of ether oxygens (including phenoxy) is 1. The lowest BCUT2D eigenvalue weighted by molar-refractivity contribution is -0.157. The lowest BCUT2D eigenvalue weighted by Gasteiger charge is -2.45. The van der Waals surface area contributed by atoms with E-state index in [9.17, 15) is 4.79 Å². The Bertz CT molecular complexity index is 1030. The van der Waals surface area contributed by atoms with Gasteiger partial charge in [-0.3, -0.25) is 4.79 Å². The van der Waals surface area contributed by atoms with Crippen LogP contribution < -0.4 is 0 Å². The lowest BCUT2D eigenvalue weighted by atomic mass is 9.60. The van der Waals surface area contributed by atoms with Gasteiger partial charge < -0.3 is 4.74 Å². The molecule has 3 aliphatic rings. The number of halogens is 2. The van der Waals surface area contributed by atoms with Crippen molar-refractivity contribution in [2.75, 3.05) is 0 Å². The molecule has 1 heterocycles. The molecule has 1 unspecified atom stereocenters. The highest BCUT2D eigenvalue weighted by Crippen LogP contribution is 2.58. The Morgan fingerprint density at radius 2 is 1.50 bits per heavy atom. The summed E-state index contributed by atoms with van der Waals surface area (Å²) in [4.78, 5) is 13.5. The molecule has 2 aliphatic carbocycles. The Morgan fingerprint density at radius 1 is 0.867 bits per heavy atom. The molecule has 2 aromatic rings. The molecular weight excluding hydrogens is 415 g/mol. The fourth-order valence-electron chi connectivity index (χ4n) is 5.50. The number of hydrogen-bond acceptors (Lipinski definition) is 2. The van der Waals surface area contributed by atoms with Crippen LogP contribution in [0.5, 0.6) is 0 Å². The summed E-state index contributed by atoms with van der Waals surface area (Å²) in [5.74, 6) is 0.818. The summed E-state index contributed by atoms with van der Waals surface area (Å²) in [6.45, 7) is 0. The minimum atomic E-state index is -0.444. The van der Waals surface area contributed by atoms with Crippen molar-refractivity contribution in [3.63, 3.8) is 0 Å². The molecule has 0 amide bonds. The zero-order chi connectivity index (χ0) is 20.7. The standard InChI is InChI=1S/C26H24Cl2O2/c27-20-9-4-17(5-10-20)16-19-8-13-22-23(18-6-11-21(28)12-7-18)26(14-2-1-3-15-26)25(29)30-24(19)22/h4-7,9-12,16,23H,1-3,8,13-15H2. The van der Waals surface area contributed by atoms with Gasteiger partial charge >= 0.3 is 5.97 Å². The van der Waals surface area contributed by atoms with E-state index in [0.29, 0.717) is 0 Å². The normalized spacial score (nSPS) is 24.3. The lowest BCUT2D eigenvalue weighted by Crippen LogP contribution is -2.44. The second-order valence-corrected chi connectivity index (χ2v) is 9.54. The second-order valence-electron chi connectivity index (χ2n) is 8.67. The zero-order valence-electron chi connectivity index (χ0n) is 16.8. The predicted molar refractivity (Wildman–Crippen MR) is 121 cm³/mol. The topological polar surface area (TPSA) is 26.3 Å². The largest absolute Gasteiger partial charge is 0.426 e. The third-order valence-electron chi connectivity index (χ3n) is 6.91. The highest BCUT2D eigenvalue weighted by atomic mass is 35.5. The second kappa shape index (κ2) is 7.90. The smallest absolute Gasteiger partial charge is 0.318 e. The minimum absolute atomic E-state index is 0.0511. The van der Waals surface area contributed by atoms with Gasteiger partial charge in [0.1, 0.15) is 5.76 Å². The number of hydrogen-bond donors (Lipinski definition) is 0. The first-order chi connectivity index (χ1) is 14.6. The molecule has 0 N–H and O–H groups in total. The van der Waals surface area contributed by atoms with Crippen molar-refractivity contribution in [1.82, 2.24) is 0 Å². The van der Waals surface area contributed by atoms with E-state index >= 15 is 0 Å². The van der Waals surface area contributed by atoms with Gasteiger partial charge in [-0.05, 0) is 78.3 Å². The molecule has 2 aromatic carbocycles. The number of esters is 1. The molecule has 0 aromatic heterocycles. The fraction of sp³-hybridized carbons (Fsp3) is 0.346. The summed E-state index contributed by atoms with van der Waals surface area (Å²) in [5.41, 5.74) is 4.18. The summed E-state index contributed by atoms with van der Waals surface area (Å²) >= 11 is 12.2. The van der Waals surface area contributed by atoms with Crippen LogP contribution in [0.25, 0.3) is 6.08 Å². The highest BCUT2D eigenvalue weighted by Gasteiger charge is 2.54. The molecule has 1 fully saturated rings. The van der Waals surface area contributed by atoms with E-state index in [0.717, 1.165) is 65.5 Å². The van der Waals surface area contributed by atoms with Crippen LogP contribution in [0.15, 0.2) is 65.4 Å². The van der Waals surface area contributed by atoms with Crippen LogP contribution in [0.3, 0.4) is 0 Å². The van der Waals surface area contributed by atoms with Crippen LogP contribution >= 0.6 is 23.2 Å². The quantitative estimate of drug-likeness (QED) is 0.448. The van der Waals surface area contributed by atoms with Crippen molar-refractivity contribution in [2.45, 2.75) is 50.9 Å². The third-order valence-corrected chi connectivity index (χ3v) is 7.41. The average Bonchev–Trinajstić information content (AvgIpc) is 3.14. The number of allylic oxidation sites excluding steroid dienone is 2. The summed E-state index contributed by atoms with van der Waals surface area (Å²) < 4.78 is 6.11. The van der Waals surface area contributed by atoms with Crippen molar-refractivity contribution in [2.24, 2.45) is 5.41 Å². The number of benzene rings is 2. The van der Waals surface area contributed by atoms with Gasteiger partial charge in [0.25, 0.3) is 0 Å². The van der Waals surface area contributed by atoms with Gasteiger partial charge in [0.2, 0.25) is 0 Å². The van der Waals surface area contributed by atoms with Gasteiger partial charge in [0, 0.05) is 16.0 Å². The van der Waals surface area contributed by atoms with Gasteiger partial charge in [-0.15, -0.1) is 0 Å². The fourth-order valence-corrected chi connectivity index (χ4v) is 5.76. The van der Waals surface area contributed by atoms with Crippen LogP contribution in [0.1, 0.15) is 62.0 Å². The van der Waals surface area contributed by atoms with Crippen molar-refractivity contribution in [1.29, 1.82) is 0 Å². The molecule has 4 heteroatoms. The van der Waals surface area contributed by atoms with Crippen LogP contribution in [0, 0.1) is 5.41 Å². The first-order valence-corrected chi connectivity index (χ1v) is 11.5. The molecule has 0 radical (unpaired) electrons. The minimum Gasteiger partial charge on any atom is -0.426 e. The van der Waals surface area contributed by atoms with Crippen LogP contribution in [0.4, 0.5) is 0 Å². The highest BCUT2D eigenvalue weighted by molar-refractivity contribution is 6.30. The van der Waals surface area contributed by atoms with Gasteiger partial charge in [0.15, 0.2) is 0 Å². The molecule has 0 saturated heterocycles. The predicted octanol–water partition coefficient (Wildman–Crippen LogP) is 7.72. The van der Waals surface area contributed by atoms with Crippen molar-refractivity contribution in [3.05, 3.63) is 86.6 Å². The van der Waals surface area contributed by atoms with Gasteiger partial charge in [0.05, 0.1) is 5.41 Å². The van der Waals surface area contributed by atoms with Crippen LogP contribution in [-0.4, -0.2) is 5.97 Å². The maximum atomic E-state index is 13.5. The summed E-state index contributed by atoms with van der Waals surface area (Å²) in [7, 11) is 0. The average molecular weight is 439 g/mol. The first-order valence-electron chi connectivity index (χ1n) is 10.7. The summed E-state index contributed by atoms with van der Waals surface area (Å²) in [6.07, 6.45) is 9.08. The molecule has 1 aliphatic heterocycles. The van der Waals surface area contributed by atoms with E-state index in [1.165, 1.54) is 17.6 Å². The molecule has 0 bridgehead atoms. The molecule has 154 valence electrons. The monoisotopic (exact) mass is 438 g/mol. The number of rotatable bonds is 2. The van der Waals surface area contributed by atoms with E-state index in [4.69, 9.17) is 27.9 Å². The molecule has 5 rings (SSSR count). The molecule has 1 atom stereocenters. The Labute approximate surface area is 187 Å². The first kappa shape index (κ1) is 19.9. The summed E-state index contributed by atoms with van der Waals surface area (Å²) in [6, 6.07) is 15.8. The Balaban J connectivity index is 1.62. The molecule has 1 spiro atoms. The van der Waals surface area contributed by atoms with E-state index in [1.54, 1.807) is 0 Å². The number of carbonyl (C=O) groups excluding carboxylic acids is 1. The SMILES string of the molecule is O=C1OC2=C(CCC2=Cc2ccc(Cl)cc2)C(c2ccc(Cl)cc2)C12CCCCC2. The van der Waals surface area contributed by atoms with Crippen molar-refractivity contribution in [3.8, 4) is 0 Å². The van der Waals surface area contributed by atoms with Crippen molar-refractivity contribution < 1.29 is 9.53 Å². The van der Waals surface area contributed by atoms with Crippen LogP contribution in [0.2, 0.25) is 10.0 Å². The van der Waals surface area contributed by atoms with E-state index in [1.807, 2.05) is 36.4 Å². The third kappa shape index (κ3) is 3.40. The molecular formula is C26H24Cl2O2. The van der Waals surface area contributed by atoms with Gasteiger partial charge in [-0.2, -0.15) is 0 Å². The Kier molecular flexibility index (Phi) is 5.24.